The first-order valence-electron chi connectivity index (χ1n) is 19.6. The highest BCUT2D eigenvalue weighted by Crippen LogP contribution is 2.71. The van der Waals surface area contributed by atoms with Crippen LogP contribution >= 0.6 is 11.8 Å². The third-order valence-electron chi connectivity index (χ3n) is 14.1. The average molecular weight is 713 g/mol. The second-order valence-electron chi connectivity index (χ2n) is 16.2. The topological polar surface area (TPSA) is 9.23 Å². The van der Waals surface area contributed by atoms with E-state index in [4.69, 9.17) is 4.74 Å². The van der Waals surface area contributed by atoms with Crippen molar-refractivity contribution in [3.05, 3.63) is 212 Å². The molecule has 0 amide bonds. The molecule has 2 aliphatic heterocycles. The summed E-state index contributed by atoms with van der Waals surface area (Å²) >= 11 is 2.03. The Labute approximate surface area is 322 Å². The molecule has 260 valence electrons. The van der Waals surface area contributed by atoms with E-state index in [2.05, 4.69) is 173 Å². The predicted molar refractivity (Wildman–Crippen MR) is 221 cm³/mol. The van der Waals surface area contributed by atoms with E-state index < -0.39 is 5.41 Å². The second kappa shape index (κ2) is 10.7. The van der Waals surface area contributed by atoms with Gasteiger partial charge in [-0.25, -0.2) is 0 Å². The summed E-state index contributed by atoms with van der Waals surface area (Å²) in [5, 5.41) is 0. The Morgan fingerprint density at radius 3 is 1.37 bits per heavy atom. The van der Waals surface area contributed by atoms with E-state index in [0.29, 0.717) is 0 Å². The van der Waals surface area contributed by atoms with E-state index in [1.807, 2.05) is 11.8 Å². The van der Waals surface area contributed by atoms with Crippen molar-refractivity contribution in [1.82, 2.24) is 0 Å². The minimum Gasteiger partial charge on any atom is -0.461 e. The van der Waals surface area contributed by atoms with Crippen LogP contribution in [0.2, 0.25) is 0 Å². The molecular formula is C52H40OS. The Morgan fingerprint density at radius 2 is 0.815 bits per heavy atom. The standard InChI is InChI=1S/C52H40OS/c1-29-45-30(2)48-50(54-44-28-16-14-26-42(44)52(48)39-23-11-7-19-35(39)36-20-8-12-24-40(36)52)32(4)46(45)31(3)49-47(29)51(41-25-13-15-27-43(41)53-49)37-21-9-5-17-33(37)34-18-6-10-22-38(34)51/h5-32H,1-4H3. The Bertz CT molecular complexity index is 2480. The van der Waals surface area contributed by atoms with E-state index >= 15 is 0 Å². The highest BCUT2D eigenvalue weighted by atomic mass is 32.2. The summed E-state index contributed by atoms with van der Waals surface area (Å²) in [6.07, 6.45) is 0. The van der Waals surface area contributed by atoms with Gasteiger partial charge in [0, 0.05) is 34.1 Å². The largest absolute Gasteiger partial charge is 0.461 e. The zero-order chi connectivity index (χ0) is 36.1. The first-order chi connectivity index (χ1) is 26.5. The summed E-state index contributed by atoms with van der Waals surface area (Å²) in [4.78, 5) is 2.90. The van der Waals surface area contributed by atoms with Crippen LogP contribution < -0.4 is 4.74 Å². The van der Waals surface area contributed by atoms with Crippen molar-refractivity contribution in [2.75, 3.05) is 0 Å². The van der Waals surface area contributed by atoms with E-state index in [1.165, 1.54) is 71.0 Å². The number of benzene rings is 6. The highest BCUT2D eigenvalue weighted by Gasteiger charge is 2.60. The fraction of sp³-hybridized carbons (Fsp3) is 0.192. The predicted octanol–water partition coefficient (Wildman–Crippen LogP) is 12.9. The van der Waals surface area contributed by atoms with E-state index in [9.17, 15) is 0 Å². The van der Waals surface area contributed by atoms with Crippen LogP contribution in [0.1, 0.15) is 61.1 Å². The summed E-state index contributed by atoms with van der Waals surface area (Å²) in [6.45, 7) is 10.0. The van der Waals surface area contributed by atoms with Crippen molar-refractivity contribution in [1.29, 1.82) is 0 Å². The number of rotatable bonds is 0. The van der Waals surface area contributed by atoms with Gasteiger partial charge in [-0.15, -0.1) is 0 Å². The van der Waals surface area contributed by atoms with Gasteiger partial charge < -0.3 is 4.74 Å². The van der Waals surface area contributed by atoms with Crippen LogP contribution in [0.25, 0.3) is 22.3 Å². The Balaban J connectivity index is 1.14. The van der Waals surface area contributed by atoms with Crippen molar-refractivity contribution < 1.29 is 4.74 Å². The molecule has 2 heteroatoms. The van der Waals surface area contributed by atoms with Crippen LogP contribution in [0, 0.1) is 23.7 Å². The first kappa shape index (κ1) is 31.1. The van der Waals surface area contributed by atoms with Crippen molar-refractivity contribution >= 4 is 11.8 Å². The maximum absolute atomic E-state index is 7.27. The molecule has 6 aromatic rings. The molecule has 0 radical (unpaired) electrons. The van der Waals surface area contributed by atoms with Gasteiger partial charge >= 0.3 is 0 Å². The lowest BCUT2D eigenvalue weighted by molar-refractivity contribution is 0.301. The molecular weight excluding hydrogens is 673 g/mol. The summed E-state index contributed by atoms with van der Waals surface area (Å²) in [5.74, 6) is 2.87. The molecule has 2 heterocycles. The van der Waals surface area contributed by atoms with Crippen molar-refractivity contribution in [3.8, 4) is 28.0 Å². The van der Waals surface area contributed by atoms with Crippen LogP contribution in [-0.4, -0.2) is 0 Å². The number of ether oxygens (including phenoxy) is 1. The maximum Gasteiger partial charge on any atom is 0.131 e. The Morgan fingerprint density at radius 1 is 0.407 bits per heavy atom. The van der Waals surface area contributed by atoms with Gasteiger partial charge in [0.1, 0.15) is 11.5 Å². The van der Waals surface area contributed by atoms with Gasteiger partial charge in [-0.3, -0.25) is 0 Å². The second-order valence-corrected chi connectivity index (χ2v) is 17.3. The maximum atomic E-state index is 7.27. The zero-order valence-electron chi connectivity index (χ0n) is 31.0. The molecule has 0 aromatic heterocycles. The van der Waals surface area contributed by atoms with Crippen LogP contribution in [0.4, 0.5) is 0 Å². The van der Waals surface area contributed by atoms with Crippen molar-refractivity contribution in [2.45, 2.75) is 43.4 Å². The molecule has 4 unspecified atom stereocenters. The fourth-order valence-electron chi connectivity index (χ4n) is 12.4. The summed E-state index contributed by atoms with van der Waals surface area (Å²) in [6, 6.07) is 55.0. The minimum absolute atomic E-state index is 0.125. The SMILES string of the molecule is CC1C2=C(C(C)C3=C1C(C)C1=C(C3C)C3(c4ccccc4S1)c1ccccc1-c1ccccc13)C1(c3ccccc3O2)c2ccccc2-c2ccccc21. The molecule has 6 aliphatic rings. The summed E-state index contributed by atoms with van der Waals surface area (Å²) < 4.78 is 7.27. The molecule has 0 saturated heterocycles. The third kappa shape index (κ3) is 3.43. The van der Waals surface area contributed by atoms with Gasteiger partial charge in [-0.1, -0.05) is 184 Å². The summed E-state index contributed by atoms with van der Waals surface area (Å²) in [5.41, 5.74) is 19.1. The number of allylic oxidation sites excluding steroid dienone is 5. The molecule has 1 nitrogen and oxygen atoms in total. The first-order valence-corrected chi connectivity index (χ1v) is 20.5. The van der Waals surface area contributed by atoms with Gasteiger partial charge in [0.2, 0.25) is 0 Å². The quantitative estimate of drug-likeness (QED) is 0.145. The number of hydrogen-bond donors (Lipinski definition) is 0. The molecule has 6 aromatic carbocycles. The number of para-hydroxylation sites is 1. The number of thioether (sulfide) groups is 1. The van der Waals surface area contributed by atoms with Crippen molar-refractivity contribution in [2.24, 2.45) is 23.7 Å². The Hall–Kier alpha value is -5.31. The third-order valence-corrected chi connectivity index (χ3v) is 15.5. The fourth-order valence-corrected chi connectivity index (χ4v) is 13.9. The molecule has 54 heavy (non-hydrogen) atoms. The van der Waals surface area contributed by atoms with Crippen LogP contribution in [0.3, 0.4) is 0 Å². The van der Waals surface area contributed by atoms with E-state index in [0.717, 1.165) is 11.5 Å². The van der Waals surface area contributed by atoms with Crippen LogP contribution in [-0.2, 0) is 10.8 Å². The monoisotopic (exact) mass is 712 g/mol. The molecule has 0 fully saturated rings. The zero-order valence-corrected chi connectivity index (χ0v) is 31.8. The molecule has 0 saturated carbocycles. The van der Waals surface area contributed by atoms with Crippen LogP contribution in [0.5, 0.6) is 5.75 Å². The van der Waals surface area contributed by atoms with Gasteiger partial charge in [0.15, 0.2) is 0 Å². The number of hydrogen-bond acceptors (Lipinski definition) is 2. The van der Waals surface area contributed by atoms with Crippen LogP contribution in [0.15, 0.2) is 183 Å². The highest BCUT2D eigenvalue weighted by molar-refractivity contribution is 8.03. The lowest BCUT2D eigenvalue weighted by Gasteiger charge is -2.54. The number of fused-ring (bicyclic) bond motifs is 16. The average Bonchev–Trinajstić information content (AvgIpc) is 3.67. The van der Waals surface area contributed by atoms with E-state index in [-0.39, 0.29) is 29.1 Å². The molecule has 4 aliphatic carbocycles. The van der Waals surface area contributed by atoms with Gasteiger partial charge in [0.25, 0.3) is 0 Å². The van der Waals surface area contributed by atoms with E-state index in [1.54, 1.807) is 16.7 Å². The molecule has 2 spiro atoms. The van der Waals surface area contributed by atoms with Gasteiger partial charge in [0.05, 0.1) is 10.8 Å². The molecule has 0 bridgehead atoms. The molecule has 0 N–H and O–H groups in total. The molecule has 12 rings (SSSR count). The van der Waals surface area contributed by atoms with Gasteiger partial charge in [-0.2, -0.15) is 0 Å². The normalized spacial score (nSPS) is 24.1. The lowest BCUT2D eigenvalue weighted by atomic mass is 9.53. The minimum atomic E-state index is -0.445. The Kier molecular flexibility index (Phi) is 6.14. The molecule has 4 atom stereocenters. The summed E-state index contributed by atoms with van der Waals surface area (Å²) in [7, 11) is 0. The lowest BCUT2D eigenvalue weighted by Crippen LogP contribution is -2.46. The van der Waals surface area contributed by atoms with Crippen molar-refractivity contribution in [3.63, 3.8) is 0 Å². The van der Waals surface area contributed by atoms with Gasteiger partial charge in [-0.05, 0) is 78.3 Å². The smallest absolute Gasteiger partial charge is 0.131 e.